The number of hydrogen-bond acceptors (Lipinski definition) is 3. The molecule has 0 aromatic rings. The molecular formula is C14H28N2O3. The number of rotatable bonds is 6. The largest absolute Gasteiger partial charge is 0.366 e. The van der Waals surface area contributed by atoms with Gasteiger partial charge in [-0.1, -0.05) is 13.8 Å². The zero-order valence-corrected chi connectivity index (χ0v) is 13.2. The van der Waals surface area contributed by atoms with E-state index in [0.717, 1.165) is 0 Å². The van der Waals surface area contributed by atoms with Crippen molar-refractivity contribution in [3.05, 3.63) is 0 Å². The lowest BCUT2D eigenvalue weighted by molar-refractivity contribution is -0.138. The molecule has 0 aliphatic rings. The molecule has 2 amide bonds. The van der Waals surface area contributed by atoms with Gasteiger partial charge in [-0.25, -0.2) is 0 Å². The Bertz CT molecular complexity index is 306. The Morgan fingerprint density at radius 3 is 2.11 bits per heavy atom. The molecule has 0 fully saturated rings. The smallest absolute Gasteiger partial charge is 0.246 e. The molecule has 0 aliphatic heterocycles. The summed E-state index contributed by atoms with van der Waals surface area (Å²) in [7, 11) is 3.38. The Kier molecular flexibility index (Phi) is 7.05. The van der Waals surface area contributed by atoms with Crippen LogP contribution in [0.2, 0.25) is 0 Å². The van der Waals surface area contributed by atoms with Gasteiger partial charge in [0.05, 0.1) is 5.60 Å². The monoisotopic (exact) mass is 272 g/mol. The van der Waals surface area contributed by atoms with Crippen LogP contribution < -0.4 is 5.32 Å². The van der Waals surface area contributed by atoms with Crippen LogP contribution in [-0.2, 0) is 14.3 Å². The van der Waals surface area contributed by atoms with Crippen molar-refractivity contribution in [3.8, 4) is 0 Å². The molecule has 5 heteroatoms. The maximum Gasteiger partial charge on any atom is 0.246 e. The Labute approximate surface area is 116 Å². The second-order valence-corrected chi connectivity index (χ2v) is 6.38. The van der Waals surface area contributed by atoms with E-state index < -0.39 is 6.04 Å². The molecule has 1 N–H and O–H groups in total. The summed E-state index contributed by atoms with van der Waals surface area (Å²) in [5.41, 5.74) is -0.365. The van der Waals surface area contributed by atoms with Crippen molar-refractivity contribution in [1.82, 2.24) is 10.2 Å². The molecule has 0 saturated heterocycles. The summed E-state index contributed by atoms with van der Waals surface area (Å²) in [5, 5.41) is 2.75. The normalized spacial score (nSPS) is 13.3. The number of hydrogen-bond donors (Lipinski definition) is 1. The van der Waals surface area contributed by atoms with Gasteiger partial charge in [0, 0.05) is 14.1 Å². The highest BCUT2D eigenvalue weighted by atomic mass is 16.5. The van der Waals surface area contributed by atoms with Crippen molar-refractivity contribution in [2.24, 2.45) is 5.92 Å². The van der Waals surface area contributed by atoms with E-state index in [9.17, 15) is 9.59 Å². The third kappa shape index (κ3) is 8.59. The molecule has 1 atom stereocenters. The molecule has 0 bridgehead atoms. The molecule has 1 unspecified atom stereocenters. The predicted molar refractivity (Wildman–Crippen MR) is 75.8 cm³/mol. The fraction of sp³-hybridized carbons (Fsp3) is 0.857. The van der Waals surface area contributed by atoms with E-state index in [4.69, 9.17) is 4.74 Å². The minimum Gasteiger partial charge on any atom is -0.366 e. The fourth-order valence-electron chi connectivity index (χ4n) is 1.52. The van der Waals surface area contributed by atoms with Crippen molar-refractivity contribution in [2.45, 2.75) is 52.7 Å². The number of ether oxygens (including phenoxy) is 1. The van der Waals surface area contributed by atoms with E-state index in [1.165, 1.54) is 4.90 Å². The maximum atomic E-state index is 12.0. The van der Waals surface area contributed by atoms with Crippen molar-refractivity contribution < 1.29 is 14.3 Å². The van der Waals surface area contributed by atoms with Gasteiger partial charge in [-0.2, -0.15) is 0 Å². The van der Waals surface area contributed by atoms with Crippen molar-refractivity contribution in [2.75, 3.05) is 20.7 Å². The van der Waals surface area contributed by atoms with Crippen molar-refractivity contribution >= 4 is 11.8 Å². The number of amides is 2. The summed E-state index contributed by atoms with van der Waals surface area (Å²) in [4.78, 5) is 25.3. The standard InChI is InChI=1S/C14H28N2O3/c1-10(2)8-11(13(18)16(6)7)15-12(17)9-19-14(3,4)5/h10-11H,8-9H2,1-7H3,(H,15,17). The predicted octanol–water partition coefficient (Wildman–Crippen LogP) is 1.42. The molecule has 0 spiro atoms. The lowest BCUT2D eigenvalue weighted by Gasteiger charge is -2.24. The molecule has 0 rings (SSSR count). The SMILES string of the molecule is CC(C)CC(NC(=O)COC(C)(C)C)C(=O)N(C)C. The van der Waals surface area contributed by atoms with Gasteiger partial charge in [-0.3, -0.25) is 9.59 Å². The van der Waals surface area contributed by atoms with Gasteiger partial charge in [0.25, 0.3) is 0 Å². The first-order chi connectivity index (χ1) is 8.53. The van der Waals surface area contributed by atoms with E-state index >= 15 is 0 Å². The minimum absolute atomic E-state index is 0.0290. The molecule has 0 aromatic heterocycles. The van der Waals surface area contributed by atoms with Crippen molar-refractivity contribution in [3.63, 3.8) is 0 Å². The average molecular weight is 272 g/mol. The van der Waals surface area contributed by atoms with E-state index in [2.05, 4.69) is 5.32 Å². The Morgan fingerprint density at radius 1 is 1.21 bits per heavy atom. The zero-order valence-electron chi connectivity index (χ0n) is 13.2. The van der Waals surface area contributed by atoms with Crippen LogP contribution in [0.5, 0.6) is 0 Å². The molecule has 0 aliphatic carbocycles. The van der Waals surface area contributed by atoms with Crippen LogP contribution in [0.15, 0.2) is 0 Å². The van der Waals surface area contributed by atoms with Crippen LogP contribution in [0.25, 0.3) is 0 Å². The van der Waals surface area contributed by atoms with E-state index in [1.54, 1.807) is 14.1 Å². The third-order valence-corrected chi connectivity index (χ3v) is 2.42. The number of carbonyl (C=O) groups is 2. The van der Waals surface area contributed by atoms with Crippen LogP contribution in [0, 0.1) is 5.92 Å². The van der Waals surface area contributed by atoms with Crippen LogP contribution in [0.4, 0.5) is 0 Å². The summed E-state index contributed by atoms with van der Waals surface area (Å²) in [6.07, 6.45) is 0.623. The van der Waals surface area contributed by atoms with E-state index in [-0.39, 0.29) is 24.0 Å². The second kappa shape index (κ2) is 7.48. The van der Waals surface area contributed by atoms with Crippen LogP contribution in [-0.4, -0.2) is 49.1 Å². The number of nitrogens with one attached hydrogen (secondary N) is 1. The number of likely N-dealkylation sites (N-methyl/N-ethyl adjacent to an activating group) is 1. The first-order valence-electron chi connectivity index (χ1n) is 6.67. The van der Waals surface area contributed by atoms with Gasteiger partial charge in [0.15, 0.2) is 0 Å². The maximum absolute atomic E-state index is 12.0. The third-order valence-electron chi connectivity index (χ3n) is 2.42. The molecule has 19 heavy (non-hydrogen) atoms. The first kappa shape index (κ1) is 17.9. The summed E-state index contributed by atoms with van der Waals surface area (Å²) < 4.78 is 5.40. The Hall–Kier alpha value is -1.10. The van der Waals surface area contributed by atoms with Gasteiger partial charge < -0.3 is 15.0 Å². The molecule has 0 radical (unpaired) electrons. The van der Waals surface area contributed by atoms with Crippen LogP contribution in [0.1, 0.15) is 41.0 Å². The van der Waals surface area contributed by atoms with E-state index in [1.807, 2.05) is 34.6 Å². The molecule has 0 saturated carbocycles. The van der Waals surface area contributed by atoms with E-state index in [0.29, 0.717) is 12.3 Å². The van der Waals surface area contributed by atoms with Crippen LogP contribution in [0.3, 0.4) is 0 Å². The quantitative estimate of drug-likeness (QED) is 0.795. The molecule has 0 heterocycles. The zero-order chi connectivity index (χ0) is 15.2. The average Bonchev–Trinajstić information content (AvgIpc) is 2.22. The lowest BCUT2D eigenvalue weighted by atomic mass is 10.0. The highest BCUT2D eigenvalue weighted by Crippen LogP contribution is 2.08. The van der Waals surface area contributed by atoms with Gasteiger partial charge >= 0.3 is 0 Å². The summed E-state index contributed by atoms with van der Waals surface area (Å²) in [5.74, 6) is -0.00804. The Morgan fingerprint density at radius 2 is 1.74 bits per heavy atom. The highest BCUT2D eigenvalue weighted by Gasteiger charge is 2.24. The van der Waals surface area contributed by atoms with Gasteiger partial charge in [0.1, 0.15) is 12.6 Å². The molecular weight excluding hydrogens is 244 g/mol. The number of nitrogens with zero attached hydrogens (tertiary/aromatic N) is 1. The van der Waals surface area contributed by atoms with Gasteiger partial charge in [-0.05, 0) is 33.1 Å². The Balaban J connectivity index is 4.47. The molecule has 5 nitrogen and oxygen atoms in total. The molecule has 0 aromatic carbocycles. The van der Waals surface area contributed by atoms with Gasteiger partial charge in [0.2, 0.25) is 11.8 Å². The first-order valence-corrected chi connectivity index (χ1v) is 6.67. The fourth-order valence-corrected chi connectivity index (χ4v) is 1.52. The topological polar surface area (TPSA) is 58.6 Å². The second-order valence-electron chi connectivity index (χ2n) is 6.38. The van der Waals surface area contributed by atoms with Crippen LogP contribution >= 0.6 is 0 Å². The summed E-state index contributed by atoms with van der Waals surface area (Å²) >= 11 is 0. The summed E-state index contributed by atoms with van der Waals surface area (Å²) in [6.45, 7) is 9.67. The van der Waals surface area contributed by atoms with Crippen molar-refractivity contribution in [1.29, 1.82) is 0 Å². The number of carbonyl (C=O) groups excluding carboxylic acids is 2. The van der Waals surface area contributed by atoms with Gasteiger partial charge in [-0.15, -0.1) is 0 Å². The summed E-state index contributed by atoms with van der Waals surface area (Å²) in [6, 6.07) is -0.480. The highest BCUT2D eigenvalue weighted by molar-refractivity contribution is 5.87. The molecule has 112 valence electrons. The minimum atomic E-state index is -0.480. The lowest BCUT2D eigenvalue weighted by Crippen LogP contribution is -2.48.